The lowest BCUT2D eigenvalue weighted by Gasteiger charge is -2.08. The second-order valence-electron chi connectivity index (χ2n) is 3.17. The minimum absolute atomic E-state index is 0.146. The Hall–Kier alpha value is -0.830. The maximum atomic E-state index is 5.31. The van der Waals surface area contributed by atoms with Gasteiger partial charge in [0.05, 0.1) is 0 Å². The molecule has 0 saturated heterocycles. The van der Waals surface area contributed by atoms with E-state index in [1.807, 2.05) is 0 Å². The number of hydrogen-bond acceptors (Lipinski definition) is 1. The van der Waals surface area contributed by atoms with Crippen LogP contribution in [0.2, 0.25) is 0 Å². The summed E-state index contributed by atoms with van der Waals surface area (Å²) < 4.78 is 5.06. The highest BCUT2D eigenvalue weighted by molar-refractivity contribution is 7.09. The summed E-state index contributed by atoms with van der Waals surface area (Å²) in [4.78, 5) is 0. The van der Waals surface area contributed by atoms with Gasteiger partial charge in [0.25, 0.3) is 0 Å². The van der Waals surface area contributed by atoms with Crippen LogP contribution in [0.15, 0.2) is 24.3 Å². The third-order valence-corrected chi connectivity index (χ3v) is 2.50. The SMILES string of the molecule is C#C[C@@H](Cc1cccc(CC)c1)OP. The van der Waals surface area contributed by atoms with E-state index in [-0.39, 0.29) is 6.10 Å². The number of aryl methyl sites for hydroxylation is 1. The summed E-state index contributed by atoms with van der Waals surface area (Å²) in [5.41, 5.74) is 2.57. The molecule has 0 saturated carbocycles. The third kappa shape index (κ3) is 3.14. The van der Waals surface area contributed by atoms with E-state index in [2.05, 4.69) is 46.6 Å². The maximum Gasteiger partial charge on any atom is 0.125 e. The van der Waals surface area contributed by atoms with Crippen LogP contribution in [0.3, 0.4) is 0 Å². The van der Waals surface area contributed by atoms with Gasteiger partial charge in [0.1, 0.15) is 6.10 Å². The predicted octanol–water partition coefficient (Wildman–Crippen LogP) is 2.60. The molecule has 0 aliphatic carbocycles. The molecule has 0 bridgehead atoms. The topological polar surface area (TPSA) is 9.23 Å². The molecule has 0 aliphatic heterocycles. The van der Waals surface area contributed by atoms with Gasteiger partial charge < -0.3 is 4.52 Å². The average Bonchev–Trinajstić information content (AvgIpc) is 2.26. The van der Waals surface area contributed by atoms with Crippen LogP contribution in [-0.4, -0.2) is 6.10 Å². The van der Waals surface area contributed by atoms with Crippen LogP contribution >= 0.6 is 9.47 Å². The molecule has 1 nitrogen and oxygen atoms in total. The number of hydrogen-bond donors (Lipinski definition) is 0. The fourth-order valence-electron chi connectivity index (χ4n) is 1.34. The van der Waals surface area contributed by atoms with Gasteiger partial charge >= 0.3 is 0 Å². The largest absolute Gasteiger partial charge is 0.349 e. The smallest absolute Gasteiger partial charge is 0.125 e. The van der Waals surface area contributed by atoms with Gasteiger partial charge in [-0.25, -0.2) is 0 Å². The first-order valence-electron chi connectivity index (χ1n) is 4.69. The van der Waals surface area contributed by atoms with Crippen LogP contribution < -0.4 is 0 Å². The molecule has 1 rings (SSSR count). The third-order valence-electron chi connectivity index (χ3n) is 2.17. The molecule has 0 spiro atoms. The zero-order chi connectivity index (χ0) is 10.4. The zero-order valence-corrected chi connectivity index (χ0v) is 9.52. The Morgan fingerprint density at radius 2 is 2.21 bits per heavy atom. The van der Waals surface area contributed by atoms with E-state index in [4.69, 9.17) is 10.9 Å². The molecule has 0 radical (unpaired) electrons. The van der Waals surface area contributed by atoms with Crippen molar-refractivity contribution in [2.45, 2.75) is 25.9 Å². The Morgan fingerprint density at radius 1 is 1.50 bits per heavy atom. The molecule has 0 aliphatic rings. The van der Waals surface area contributed by atoms with E-state index in [9.17, 15) is 0 Å². The second-order valence-corrected chi connectivity index (χ2v) is 3.44. The van der Waals surface area contributed by atoms with Crippen molar-refractivity contribution >= 4 is 9.47 Å². The van der Waals surface area contributed by atoms with Crippen molar-refractivity contribution in [3.8, 4) is 12.3 Å². The highest BCUT2D eigenvalue weighted by atomic mass is 31.0. The monoisotopic (exact) mass is 206 g/mol. The van der Waals surface area contributed by atoms with Gasteiger partial charge in [0.15, 0.2) is 0 Å². The maximum absolute atomic E-state index is 5.31. The quantitative estimate of drug-likeness (QED) is 0.543. The normalized spacial score (nSPS) is 12.1. The van der Waals surface area contributed by atoms with Crippen LogP contribution in [0.1, 0.15) is 18.1 Å². The predicted molar refractivity (Wildman–Crippen MR) is 62.9 cm³/mol. The van der Waals surface area contributed by atoms with E-state index in [0.29, 0.717) is 0 Å². The van der Waals surface area contributed by atoms with Crippen molar-refractivity contribution in [1.82, 2.24) is 0 Å². The number of benzene rings is 1. The van der Waals surface area contributed by atoms with Crippen LogP contribution in [-0.2, 0) is 17.4 Å². The highest BCUT2D eigenvalue weighted by Crippen LogP contribution is 2.11. The summed E-state index contributed by atoms with van der Waals surface area (Å²) in [5.74, 6) is 2.59. The minimum Gasteiger partial charge on any atom is -0.349 e. The first-order valence-corrected chi connectivity index (χ1v) is 5.16. The standard InChI is InChI=1S/C12H15OP/c1-3-10-6-5-7-11(8-10)9-12(4-2)13-14/h2,5-8,12H,3,9,14H2,1H3/t12-/m0/s1. The second kappa shape index (κ2) is 5.81. The molecule has 1 aromatic rings. The summed E-state index contributed by atoms with van der Waals surface area (Å²) in [5, 5.41) is 0. The summed E-state index contributed by atoms with van der Waals surface area (Å²) in [6, 6.07) is 8.43. The van der Waals surface area contributed by atoms with Crippen molar-refractivity contribution in [2.24, 2.45) is 0 Å². The van der Waals surface area contributed by atoms with Crippen LogP contribution in [0, 0.1) is 12.3 Å². The van der Waals surface area contributed by atoms with E-state index in [1.165, 1.54) is 11.1 Å². The lowest BCUT2D eigenvalue weighted by molar-refractivity contribution is 0.305. The molecule has 74 valence electrons. The molecule has 0 amide bonds. The Kier molecular flexibility index (Phi) is 4.66. The summed E-state index contributed by atoms with van der Waals surface area (Å²) >= 11 is 0. The molecule has 1 unspecified atom stereocenters. The molecule has 1 aromatic carbocycles. The first kappa shape index (κ1) is 11.2. The molecular formula is C12H15OP. The van der Waals surface area contributed by atoms with Gasteiger partial charge in [-0.1, -0.05) is 37.1 Å². The Bertz CT molecular complexity index is 327. The molecule has 0 fully saturated rings. The van der Waals surface area contributed by atoms with Crippen LogP contribution in [0.4, 0.5) is 0 Å². The molecule has 0 N–H and O–H groups in total. The first-order chi connectivity index (χ1) is 6.80. The lowest BCUT2D eigenvalue weighted by Crippen LogP contribution is -2.08. The molecule has 0 heterocycles. The fourth-order valence-corrected chi connectivity index (χ4v) is 1.51. The summed E-state index contributed by atoms with van der Waals surface area (Å²) in [6.07, 6.45) is 6.99. The van der Waals surface area contributed by atoms with Crippen LogP contribution in [0.5, 0.6) is 0 Å². The average molecular weight is 206 g/mol. The fraction of sp³-hybridized carbons (Fsp3) is 0.333. The van der Waals surface area contributed by atoms with Gasteiger partial charge in [-0.15, -0.1) is 6.42 Å². The van der Waals surface area contributed by atoms with E-state index in [1.54, 1.807) is 0 Å². The van der Waals surface area contributed by atoms with E-state index >= 15 is 0 Å². The summed E-state index contributed by atoms with van der Waals surface area (Å²) in [6.45, 7) is 2.14. The van der Waals surface area contributed by atoms with Crippen LogP contribution in [0.25, 0.3) is 0 Å². The van der Waals surface area contributed by atoms with Crippen molar-refractivity contribution in [1.29, 1.82) is 0 Å². The van der Waals surface area contributed by atoms with Gasteiger partial charge in [-0.05, 0) is 17.5 Å². The molecule has 2 atom stereocenters. The van der Waals surface area contributed by atoms with Crippen molar-refractivity contribution in [3.63, 3.8) is 0 Å². The highest BCUT2D eigenvalue weighted by Gasteiger charge is 2.04. The van der Waals surface area contributed by atoms with Crippen molar-refractivity contribution in [3.05, 3.63) is 35.4 Å². The van der Waals surface area contributed by atoms with Gasteiger partial charge in [-0.3, -0.25) is 0 Å². The Morgan fingerprint density at radius 3 is 2.79 bits per heavy atom. The molecule has 14 heavy (non-hydrogen) atoms. The number of terminal acetylenes is 1. The van der Waals surface area contributed by atoms with Gasteiger partial charge in [-0.2, -0.15) is 0 Å². The van der Waals surface area contributed by atoms with Crippen molar-refractivity contribution < 1.29 is 4.52 Å². The van der Waals surface area contributed by atoms with Gasteiger partial charge in [0, 0.05) is 15.9 Å². The number of rotatable bonds is 4. The Labute approximate surface area is 88.2 Å². The zero-order valence-electron chi connectivity index (χ0n) is 8.36. The van der Waals surface area contributed by atoms with E-state index in [0.717, 1.165) is 12.8 Å². The molecule has 2 heteroatoms. The summed E-state index contributed by atoms with van der Waals surface area (Å²) in [7, 11) is 2.22. The van der Waals surface area contributed by atoms with Gasteiger partial charge in [0.2, 0.25) is 0 Å². The van der Waals surface area contributed by atoms with E-state index < -0.39 is 0 Å². The molecule has 0 aromatic heterocycles. The minimum atomic E-state index is -0.146. The lowest BCUT2D eigenvalue weighted by atomic mass is 10.0. The van der Waals surface area contributed by atoms with Crippen molar-refractivity contribution in [2.75, 3.05) is 0 Å². The molecular weight excluding hydrogens is 191 g/mol. The Balaban J connectivity index is 2.71.